The van der Waals surface area contributed by atoms with Crippen molar-refractivity contribution in [3.05, 3.63) is 0 Å². The van der Waals surface area contributed by atoms with Crippen LogP contribution in [0.1, 0.15) is 60.8 Å². The molecule has 5 N–H and O–H groups in total. The lowest BCUT2D eigenvalue weighted by Crippen LogP contribution is -2.58. The second-order valence-electron chi connectivity index (χ2n) is 12.8. The van der Waals surface area contributed by atoms with Crippen molar-refractivity contribution < 1.29 is 9.53 Å². The summed E-state index contributed by atoms with van der Waals surface area (Å²) in [5.74, 6) is 0. The van der Waals surface area contributed by atoms with Crippen LogP contribution in [-0.4, -0.2) is 65.0 Å². The van der Waals surface area contributed by atoms with E-state index in [0.29, 0.717) is 0 Å². The minimum atomic E-state index is -1.44. The highest BCUT2D eigenvalue weighted by atomic mass is 28.4. The molecule has 1 aliphatic rings. The van der Waals surface area contributed by atoms with Crippen LogP contribution in [0.25, 0.3) is 0 Å². The third-order valence-electron chi connectivity index (χ3n) is 5.19. The molecule has 1 aliphatic heterocycles. The number of rotatable bonds is 8. The van der Waals surface area contributed by atoms with Gasteiger partial charge in [0.25, 0.3) is 0 Å². The fourth-order valence-corrected chi connectivity index (χ4v) is 18.5. The van der Waals surface area contributed by atoms with Gasteiger partial charge in [0, 0.05) is 5.60 Å². The van der Waals surface area contributed by atoms with E-state index in [9.17, 15) is 0 Å². The molecule has 0 saturated carbocycles. The Kier molecular flexibility index (Phi) is 15.2. The molecule has 0 aromatic heterocycles. The molecule has 0 unspecified atom stereocenters. The normalized spacial score (nSPS) is 17.5. The Morgan fingerprint density at radius 1 is 0.903 bits per heavy atom. The summed E-state index contributed by atoms with van der Waals surface area (Å²) < 4.78 is 8.95. The zero-order valence-corrected chi connectivity index (χ0v) is 26.3. The fourth-order valence-electron chi connectivity index (χ4n) is 4.31. The van der Waals surface area contributed by atoms with Gasteiger partial charge < -0.3 is 25.2 Å². The summed E-state index contributed by atoms with van der Waals surface area (Å²) in [5.41, 5.74) is 10.6. The molecule has 0 spiro atoms. The lowest BCUT2D eigenvalue weighted by molar-refractivity contribution is 0.102. The van der Waals surface area contributed by atoms with E-state index in [1.54, 1.807) is 20.8 Å². The van der Waals surface area contributed by atoms with Crippen LogP contribution < -0.4 is 11.5 Å². The molecule has 8 heteroatoms. The van der Waals surface area contributed by atoms with Crippen molar-refractivity contribution in [2.45, 2.75) is 129 Å². The van der Waals surface area contributed by atoms with Gasteiger partial charge in [0.05, 0.1) is 5.60 Å². The monoisotopic (exact) mass is 493 g/mol. The molecular weight excluding hydrogens is 435 g/mol. The average Bonchev–Trinajstić information content (AvgIpc) is 2.88. The minimum absolute atomic E-state index is 0.00429. The van der Waals surface area contributed by atoms with Gasteiger partial charge in [-0.1, -0.05) is 26.2 Å². The predicted molar refractivity (Wildman–Crippen MR) is 148 cm³/mol. The molecular formula is C23H59N3O2Si3. The van der Waals surface area contributed by atoms with E-state index in [-0.39, 0.29) is 5.60 Å². The van der Waals surface area contributed by atoms with Crippen LogP contribution in [0.15, 0.2) is 0 Å². The molecule has 0 radical (unpaired) electrons. The van der Waals surface area contributed by atoms with Crippen molar-refractivity contribution in [3.8, 4) is 0 Å². The Balaban J connectivity index is 0. The van der Waals surface area contributed by atoms with Crippen LogP contribution in [0.2, 0.25) is 57.4 Å². The predicted octanol–water partition coefficient (Wildman–Crippen LogP) is 5.58. The highest BCUT2D eigenvalue weighted by Crippen LogP contribution is 2.33. The quantitative estimate of drug-likeness (QED) is 0.384. The maximum absolute atomic E-state index is 8.52. The Labute approximate surface area is 199 Å². The number of nitrogens with zero attached hydrogens (tertiary/aromatic N) is 1. The standard InChI is InChI=1S/C10H26N2Si2.C9H23NOSi.C4H10O/c1-13(2,9-5-7-11)12-8-6-10-14(12,3)4;1-9(2,3)11-12(4,5)8-6-7-10;1-4(2,3)5/h5-11H2,1-4H3;6-8,10H2,1-5H3;5H,1-3H3. The van der Waals surface area contributed by atoms with Crippen molar-refractivity contribution in [1.29, 1.82) is 0 Å². The first-order chi connectivity index (χ1) is 13.7. The first kappa shape index (κ1) is 33.6. The van der Waals surface area contributed by atoms with Crippen molar-refractivity contribution >= 4 is 24.8 Å². The molecule has 190 valence electrons. The Hall–Kier alpha value is 0.451. The molecule has 1 fully saturated rings. The van der Waals surface area contributed by atoms with E-state index in [0.717, 1.165) is 19.5 Å². The van der Waals surface area contributed by atoms with E-state index in [1.165, 1.54) is 37.5 Å². The first-order valence-electron chi connectivity index (χ1n) is 12.3. The minimum Gasteiger partial charge on any atom is -0.413 e. The number of hydrogen-bond donors (Lipinski definition) is 3. The van der Waals surface area contributed by atoms with E-state index in [1.807, 2.05) is 0 Å². The third-order valence-corrected chi connectivity index (χ3v) is 18.1. The molecule has 0 aromatic rings. The SMILES string of the molecule is CC(C)(C)O.CC(C)(C)O[Si](C)(C)CCCN.C[Si](C)(CCCN)N1CCC[Si]1(C)C. The van der Waals surface area contributed by atoms with Gasteiger partial charge in [-0.3, -0.25) is 0 Å². The van der Waals surface area contributed by atoms with Gasteiger partial charge in [-0.25, -0.2) is 0 Å². The van der Waals surface area contributed by atoms with Gasteiger partial charge >= 0.3 is 0 Å². The van der Waals surface area contributed by atoms with Crippen molar-refractivity contribution in [2.75, 3.05) is 19.6 Å². The summed E-state index contributed by atoms with van der Waals surface area (Å²) in [7, 11) is -3.55. The lowest BCUT2D eigenvalue weighted by atomic mass is 10.2. The summed E-state index contributed by atoms with van der Waals surface area (Å²) in [6, 6.07) is 4.06. The molecule has 0 atom stereocenters. The molecule has 0 bridgehead atoms. The summed E-state index contributed by atoms with van der Waals surface area (Å²) in [6.45, 7) is 29.3. The summed E-state index contributed by atoms with van der Waals surface area (Å²) >= 11 is 0. The Morgan fingerprint density at radius 2 is 1.32 bits per heavy atom. The van der Waals surface area contributed by atoms with Crippen LogP contribution in [-0.2, 0) is 4.43 Å². The second-order valence-corrected chi connectivity index (χ2v) is 26.8. The van der Waals surface area contributed by atoms with Crippen LogP contribution in [0.3, 0.4) is 0 Å². The number of hydrogen-bond acceptors (Lipinski definition) is 5. The van der Waals surface area contributed by atoms with Gasteiger partial charge in [0.1, 0.15) is 16.5 Å². The van der Waals surface area contributed by atoms with Gasteiger partial charge in [0.2, 0.25) is 0 Å². The Bertz CT molecular complexity index is 468. The molecule has 1 saturated heterocycles. The van der Waals surface area contributed by atoms with E-state index >= 15 is 0 Å². The topological polar surface area (TPSA) is 84.7 Å². The molecule has 0 amide bonds. The van der Waals surface area contributed by atoms with Gasteiger partial charge in [0.15, 0.2) is 8.32 Å². The zero-order chi connectivity index (χ0) is 25.1. The van der Waals surface area contributed by atoms with E-state index < -0.39 is 30.4 Å². The highest BCUT2D eigenvalue weighted by molar-refractivity contribution is 6.91. The first-order valence-corrected chi connectivity index (χ1v) is 21.7. The fraction of sp³-hybridized carbons (Fsp3) is 1.00. The van der Waals surface area contributed by atoms with Crippen LogP contribution >= 0.6 is 0 Å². The van der Waals surface area contributed by atoms with Crippen molar-refractivity contribution in [3.63, 3.8) is 0 Å². The maximum Gasteiger partial charge on any atom is 0.187 e. The number of nitrogens with two attached hydrogens (primary N) is 2. The average molecular weight is 494 g/mol. The third kappa shape index (κ3) is 19.6. The summed E-state index contributed by atoms with van der Waals surface area (Å²) in [6.07, 6.45) is 3.76. The largest absolute Gasteiger partial charge is 0.413 e. The van der Waals surface area contributed by atoms with Crippen molar-refractivity contribution in [2.24, 2.45) is 11.5 Å². The summed E-state index contributed by atoms with van der Waals surface area (Å²) in [4.78, 5) is 0. The molecule has 1 rings (SSSR count). The van der Waals surface area contributed by atoms with Crippen molar-refractivity contribution in [1.82, 2.24) is 4.23 Å². The molecule has 0 aromatic carbocycles. The highest BCUT2D eigenvalue weighted by Gasteiger charge is 2.43. The van der Waals surface area contributed by atoms with Gasteiger partial charge in [-0.05, 0) is 112 Å². The van der Waals surface area contributed by atoms with E-state index in [4.69, 9.17) is 21.0 Å². The van der Waals surface area contributed by atoms with Crippen LogP contribution in [0.4, 0.5) is 0 Å². The Morgan fingerprint density at radius 3 is 1.65 bits per heavy atom. The molecule has 1 heterocycles. The van der Waals surface area contributed by atoms with Crippen LogP contribution in [0, 0.1) is 0 Å². The second kappa shape index (κ2) is 14.0. The van der Waals surface area contributed by atoms with Gasteiger partial charge in [-0.15, -0.1) is 0 Å². The zero-order valence-electron chi connectivity index (χ0n) is 23.3. The van der Waals surface area contributed by atoms with E-state index in [2.05, 4.69) is 64.3 Å². The molecule has 0 aliphatic carbocycles. The molecule has 31 heavy (non-hydrogen) atoms. The maximum atomic E-state index is 8.52. The smallest absolute Gasteiger partial charge is 0.187 e. The number of aliphatic hydroxyl groups is 1. The van der Waals surface area contributed by atoms with Crippen LogP contribution in [0.5, 0.6) is 0 Å². The summed E-state index contributed by atoms with van der Waals surface area (Å²) in [5, 5.41) is 8.52. The molecule has 5 nitrogen and oxygen atoms in total. The lowest BCUT2D eigenvalue weighted by Gasteiger charge is -2.42. The van der Waals surface area contributed by atoms with Gasteiger partial charge in [-0.2, -0.15) is 0 Å².